The van der Waals surface area contributed by atoms with Crippen LogP contribution in [0.1, 0.15) is 45.4 Å². The molecule has 0 aromatic heterocycles. The second-order valence-corrected chi connectivity index (χ2v) is 5.37. The van der Waals surface area contributed by atoms with E-state index in [9.17, 15) is 0 Å². The summed E-state index contributed by atoms with van der Waals surface area (Å²) in [5.41, 5.74) is 0. The zero-order chi connectivity index (χ0) is 8.81. The van der Waals surface area contributed by atoms with Crippen LogP contribution in [0.5, 0.6) is 0 Å². The molecule has 0 aromatic carbocycles. The Kier molecular flexibility index (Phi) is 5.23. The van der Waals surface area contributed by atoms with Crippen molar-refractivity contribution in [2.75, 3.05) is 12.8 Å². The van der Waals surface area contributed by atoms with E-state index in [-0.39, 0.29) is 0 Å². The minimum Gasteiger partial charge on any atom is -0.125 e. The second kappa shape index (κ2) is 5.97. The van der Waals surface area contributed by atoms with Crippen LogP contribution < -0.4 is 0 Å². The van der Waals surface area contributed by atoms with Gasteiger partial charge in [-0.1, -0.05) is 32.6 Å². The van der Waals surface area contributed by atoms with E-state index in [1.165, 1.54) is 40.4 Å². The summed E-state index contributed by atoms with van der Waals surface area (Å²) in [6.07, 6.45) is 10.5. The summed E-state index contributed by atoms with van der Waals surface area (Å²) in [7, 11) is 1.19. The topological polar surface area (TPSA) is 0 Å². The van der Waals surface area contributed by atoms with Crippen molar-refractivity contribution in [3.05, 3.63) is 0 Å². The van der Waals surface area contributed by atoms with Gasteiger partial charge in [0.25, 0.3) is 0 Å². The zero-order valence-corrected chi connectivity index (χ0v) is 9.60. The first kappa shape index (κ1) is 10.5. The fourth-order valence-electron chi connectivity index (χ4n) is 2.25. The summed E-state index contributed by atoms with van der Waals surface area (Å²) in [5, 5.41) is 0. The monoisotopic (exact) mass is 186 g/mol. The van der Waals surface area contributed by atoms with Crippen LogP contribution in [0, 0.1) is 11.8 Å². The molecular weight excluding hydrogens is 163 g/mol. The number of rotatable bonds is 6. The third-order valence-electron chi connectivity index (χ3n) is 3.04. The predicted octanol–water partition coefficient (Wildman–Crippen LogP) is 3.90. The zero-order valence-electron chi connectivity index (χ0n) is 8.60. The van der Waals surface area contributed by atoms with Gasteiger partial charge < -0.3 is 0 Å². The Morgan fingerprint density at radius 2 is 1.92 bits per heavy atom. The van der Waals surface area contributed by atoms with Crippen LogP contribution in [0.25, 0.3) is 0 Å². The van der Waals surface area contributed by atoms with Crippen molar-refractivity contribution in [1.29, 1.82) is 0 Å². The Hall–Kier alpha value is 0.430. The molecule has 0 spiro atoms. The molecule has 0 heterocycles. The second-order valence-electron chi connectivity index (χ2n) is 4.26. The Morgan fingerprint density at radius 1 is 1.17 bits per heavy atom. The van der Waals surface area contributed by atoms with E-state index >= 15 is 0 Å². The van der Waals surface area contributed by atoms with Gasteiger partial charge in [-0.2, -0.15) is 0 Å². The maximum atomic E-state index is 2.34. The molecule has 72 valence electrons. The molecule has 0 bridgehead atoms. The molecule has 1 rings (SSSR count). The van der Waals surface area contributed by atoms with Gasteiger partial charge in [0.2, 0.25) is 0 Å². The smallest absolute Gasteiger partial charge is 0.0327 e. The Bertz CT molecular complexity index is 103. The number of hydrogen-bond acceptors (Lipinski definition) is 0. The molecule has 1 unspecified atom stereocenters. The van der Waals surface area contributed by atoms with Gasteiger partial charge in [0.1, 0.15) is 0 Å². The third kappa shape index (κ3) is 3.44. The fraction of sp³-hybridized carbons (Fsp3) is 1.00. The number of hydrogen-bond donors (Lipinski definition) is 0. The first-order valence-corrected chi connectivity index (χ1v) is 7.22. The average molecular weight is 186 g/mol. The molecule has 1 heteroatoms. The van der Waals surface area contributed by atoms with Crippen LogP contribution in [-0.4, -0.2) is 12.8 Å². The molecule has 1 fully saturated rings. The van der Waals surface area contributed by atoms with E-state index in [1.54, 1.807) is 12.8 Å². The van der Waals surface area contributed by atoms with Crippen molar-refractivity contribution >= 4 is 8.58 Å². The lowest BCUT2D eigenvalue weighted by Crippen LogP contribution is -2.24. The van der Waals surface area contributed by atoms with Crippen molar-refractivity contribution in [1.82, 2.24) is 0 Å². The molecule has 0 saturated heterocycles. The van der Waals surface area contributed by atoms with Crippen LogP contribution >= 0.6 is 8.58 Å². The highest BCUT2D eigenvalue weighted by atomic mass is 31.1. The quantitative estimate of drug-likeness (QED) is 0.436. The molecule has 1 saturated carbocycles. The van der Waals surface area contributed by atoms with E-state index < -0.39 is 0 Å². The highest BCUT2D eigenvalue weighted by Crippen LogP contribution is 2.39. The SMILES string of the molecule is CCCCCC1CC(CPC)C1. The lowest BCUT2D eigenvalue weighted by Gasteiger charge is -2.35. The van der Waals surface area contributed by atoms with Crippen LogP contribution in [-0.2, 0) is 0 Å². The van der Waals surface area contributed by atoms with Crippen molar-refractivity contribution in [2.45, 2.75) is 45.4 Å². The maximum Gasteiger partial charge on any atom is -0.0327 e. The standard InChI is InChI=1S/C11H23P/c1-3-4-5-6-10-7-11(8-10)9-12-2/h10-12H,3-9H2,1-2H3. The normalized spacial score (nSPS) is 29.5. The van der Waals surface area contributed by atoms with E-state index in [4.69, 9.17) is 0 Å². The molecule has 0 N–H and O–H groups in total. The molecule has 12 heavy (non-hydrogen) atoms. The Labute approximate surface area is 79.3 Å². The summed E-state index contributed by atoms with van der Waals surface area (Å²) >= 11 is 0. The van der Waals surface area contributed by atoms with Gasteiger partial charge in [-0.25, -0.2) is 0 Å². The molecule has 1 aliphatic rings. The maximum absolute atomic E-state index is 2.34. The van der Waals surface area contributed by atoms with Crippen molar-refractivity contribution in [3.63, 3.8) is 0 Å². The first-order chi connectivity index (χ1) is 5.86. The van der Waals surface area contributed by atoms with Crippen molar-refractivity contribution in [3.8, 4) is 0 Å². The minimum atomic E-state index is 1.12. The van der Waals surface area contributed by atoms with Crippen molar-refractivity contribution in [2.24, 2.45) is 11.8 Å². The Morgan fingerprint density at radius 3 is 2.50 bits per heavy atom. The summed E-state index contributed by atoms with van der Waals surface area (Å²) < 4.78 is 0. The minimum absolute atomic E-state index is 1.12. The van der Waals surface area contributed by atoms with Gasteiger partial charge in [-0.05, 0) is 37.5 Å². The summed E-state index contributed by atoms with van der Waals surface area (Å²) in [6.45, 7) is 4.63. The molecular formula is C11H23P. The highest BCUT2D eigenvalue weighted by Gasteiger charge is 2.27. The molecule has 0 radical (unpaired) electrons. The van der Waals surface area contributed by atoms with Gasteiger partial charge >= 0.3 is 0 Å². The summed E-state index contributed by atoms with van der Waals surface area (Å²) in [4.78, 5) is 0. The average Bonchev–Trinajstić information content (AvgIpc) is 2.00. The lowest BCUT2D eigenvalue weighted by molar-refractivity contribution is 0.199. The molecule has 1 aliphatic carbocycles. The van der Waals surface area contributed by atoms with Gasteiger partial charge in [0.05, 0.1) is 0 Å². The lowest BCUT2D eigenvalue weighted by atomic mass is 9.73. The molecule has 0 aromatic rings. The van der Waals surface area contributed by atoms with Gasteiger partial charge in [0.15, 0.2) is 0 Å². The van der Waals surface area contributed by atoms with E-state index in [0.29, 0.717) is 0 Å². The van der Waals surface area contributed by atoms with Crippen LogP contribution in [0.3, 0.4) is 0 Å². The van der Waals surface area contributed by atoms with E-state index in [2.05, 4.69) is 13.6 Å². The molecule has 1 atom stereocenters. The van der Waals surface area contributed by atoms with E-state index in [1.807, 2.05) is 0 Å². The summed E-state index contributed by atoms with van der Waals surface area (Å²) in [5.74, 6) is 2.25. The third-order valence-corrected chi connectivity index (χ3v) is 4.03. The van der Waals surface area contributed by atoms with Crippen LogP contribution in [0.15, 0.2) is 0 Å². The van der Waals surface area contributed by atoms with Gasteiger partial charge in [0, 0.05) is 0 Å². The van der Waals surface area contributed by atoms with Crippen LogP contribution in [0.2, 0.25) is 0 Å². The van der Waals surface area contributed by atoms with Gasteiger partial charge in [-0.15, -0.1) is 8.58 Å². The molecule has 0 nitrogen and oxygen atoms in total. The predicted molar refractivity (Wildman–Crippen MR) is 59.5 cm³/mol. The number of unbranched alkanes of at least 4 members (excludes halogenated alkanes) is 2. The largest absolute Gasteiger partial charge is 0.125 e. The first-order valence-electron chi connectivity index (χ1n) is 5.51. The molecule has 0 amide bonds. The fourth-order valence-corrected chi connectivity index (χ4v) is 3.16. The highest BCUT2D eigenvalue weighted by molar-refractivity contribution is 7.36. The van der Waals surface area contributed by atoms with Crippen molar-refractivity contribution < 1.29 is 0 Å². The van der Waals surface area contributed by atoms with Gasteiger partial charge in [-0.3, -0.25) is 0 Å². The van der Waals surface area contributed by atoms with Crippen LogP contribution in [0.4, 0.5) is 0 Å². The summed E-state index contributed by atoms with van der Waals surface area (Å²) in [6, 6.07) is 0. The Balaban J connectivity index is 1.88. The van der Waals surface area contributed by atoms with E-state index in [0.717, 1.165) is 11.8 Å². The molecule has 0 aliphatic heterocycles.